The number of unbranched alkanes of at least 4 members (excludes halogenated alkanes) is 48. The molecular formula is C69H130O6. The molecule has 0 saturated carbocycles. The van der Waals surface area contributed by atoms with Gasteiger partial charge in [0.05, 0.1) is 0 Å². The Morgan fingerprint density at radius 1 is 0.267 bits per heavy atom. The summed E-state index contributed by atoms with van der Waals surface area (Å²) in [6, 6.07) is 0. The Kier molecular flexibility index (Phi) is 62.6. The predicted molar refractivity (Wildman–Crippen MR) is 326 cm³/mol. The van der Waals surface area contributed by atoms with Gasteiger partial charge in [0.25, 0.3) is 0 Å². The molecule has 0 rings (SSSR count). The van der Waals surface area contributed by atoms with Crippen LogP contribution in [0.1, 0.15) is 380 Å². The van der Waals surface area contributed by atoms with Gasteiger partial charge in [-0.05, 0) is 51.4 Å². The molecule has 6 heteroatoms. The molecular weight excluding hydrogens is 925 g/mol. The van der Waals surface area contributed by atoms with Gasteiger partial charge in [-0.25, -0.2) is 0 Å². The Balaban J connectivity index is 4.29. The number of ether oxygens (including phenoxy) is 3. The molecule has 0 N–H and O–H groups in total. The van der Waals surface area contributed by atoms with Crippen molar-refractivity contribution in [3.8, 4) is 0 Å². The Hall–Kier alpha value is -2.11. The SMILES string of the molecule is CCCCC/C=C\C/C=C\CCCCCCCCCCCC(=O)OC[C@H](COC(=O)CCCCCCCCCCCCCCCCCCCCCCC)OC(=O)CCCCCCCCCCCCCCCCCCC. The molecule has 0 saturated heterocycles. The number of carbonyl (C=O) groups is 3. The highest BCUT2D eigenvalue weighted by Crippen LogP contribution is 2.18. The Bertz CT molecular complexity index is 1210. The molecule has 0 aliphatic carbocycles. The molecule has 0 heterocycles. The first-order valence-corrected chi connectivity index (χ1v) is 33.8. The minimum Gasteiger partial charge on any atom is -0.462 e. The zero-order chi connectivity index (χ0) is 54.3. The van der Waals surface area contributed by atoms with Crippen molar-refractivity contribution in [3.63, 3.8) is 0 Å². The van der Waals surface area contributed by atoms with Gasteiger partial charge in [0.15, 0.2) is 6.10 Å². The molecule has 0 aromatic carbocycles. The Morgan fingerprint density at radius 2 is 0.480 bits per heavy atom. The van der Waals surface area contributed by atoms with E-state index >= 15 is 0 Å². The van der Waals surface area contributed by atoms with Gasteiger partial charge in [0.2, 0.25) is 0 Å². The summed E-state index contributed by atoms with van der Waals surface area (Å²) in [5, 5.41) is 0. The van der Waals surface area contributed by atoms with E-state index in [-0.39, 0.29) is 31.1 Å². The fourth-order valence-electron chi connectivity index (χ4n) is 10.4. The number of hydrogen-bond donors (Lipinski definition) is 0. The number of allylic oxidation sites excluding steroid dienone is 4. The third-order valence-electron chi connectivity index (χ3n) is 15.5. The highest BCUT2D eigenvalue weighted by Gasteiger charge is 2.19. The van der Waals surface area contributed by atoms with Crippen LogP contribution in [0.15, 0.2) is 24.3 Å². The van der Waals surface area contributed by atoms with Crippen molar-refractivity contribution >= 4 is 17.9 Å². The normalized spacial score (nSPS) is 12.1. The van der Waals surface area contributed by atoms with Gasteiger partial charge in [0, 0.05) is 19.3 Å². The average Bonchev–Trinajstić information content (AvgIpc) is 3.41. The molecule has 0 radical (unpaired) electrons. The van der Waals surface area contributed by atoms with E-state index in [0.717, 1.165) is 64.2 Å². The van der Waals surface area contributed by atoms with Crippen molar-refractivity contribution in [3.05, 3.63) is 24.3 Å². The van der Waals surface area contributed by atoms with Gasteiger partial charge < -0.3 is 14.2 Å². The second-order valence-electron chi connectivity index (χ2n) is 23.1. The Labute approximate surface area is 468 Å². The van der Waals surface area contributed by atoms with Crippen LogP contribution in [-0.4, -0.2) is 37.2 Å². The minimum absolute atomic E-state index is 0.0658. The summed E-state index contributed by atoms with van der Waals surface area (Å²) in [4.78, 5) is 38.4. The zero-order valence-corrected chi connectivity index (χ0v) is 50.8. The maximum absolute atomic E-state index is 12.9. The largest absolute Gasteiger partial charge is 0.462 e. The van der Waals surface area contributed by atoms with E-state index in [1.54, 1.807) is 0 Å². The summed E-state index contributed by atoms with van der Waals surface area (Å²) in [5.41, 5.74) is 0. The van der Waals surface area contributed by atoms with Gasteiger partial charge in [0.1, 0.15) is 13.2 Å². The van der Waals surface area contributed by atoms with Crippen molar-refractivity contribution in [1.29, 1.82) is 0 Å². The molecule has 75 heavy (non-hydrogen) atoms. The molecule has 1 atom stereocenters. The lowest BCUT2D eigenvalue weighted by molar-refractivity contribution is -0.167. The van der Waals surface area contributed by atoms with E-state index in [2.05, 4.69) is 45.1 Å². The molecule has 0 fully saturated rings. The fourth-order valence-corrected chi connectivity index (χ4v) is 10.4. The van der Waals surface area contributed by atoms with Crippen molar-refractivity contribution in [1.82, 2.24) is 0 Å². The maximum atomic E-state index is 12.9. The Morgan fingerprint density at radius 3 is 0.760 bits per heavy atom. The fraction of sp³-hybridized carbons (Fsp3) is 0.899. The molecule has 0 amide bonds. The van der Waals surface area contributed by atoms with Crippen molar-refractivity contribution in [2.24, 2.45) is 0 Å². The smallest absolute Gasteiger partial charge is 0.306 e. The van der Waals surface area contributed by atoms with Crippen LogP contribution in [0.3, 0.4) is 0 Å². The first-order valence-electron chi connectivity index (χ1n) is 33.8. The van der Waals surface area contributed by atoms with Crippen LogP contribution in [0, 0.1) is 0 Å². The molecule has 0 bridgehead atoms. The number of carbonyl (C=O) groups excluding carboxylic acids is 3. The van der Waals surface area contributed by atoms with E-state index in [1.165, 1.54) is 276 Å². The van der Waals surface area contributed by atoms with Crippen LogP contribution in [-0.2, 0) is 28.6 Å². The molecule has 0 aromatic rings. The second kappa shape index (κ2) is 64.4. The van der Waals surface area contributed by atoms with Crippen LogP contribution in [0.25, 0.3) is 0 Å². The quantitative estimate of drug-likeness (QED) is 0.0261. The van der Waals surface area contributed by atoms with Crippen LogP contribution < -0.4 is 0 Å². The average molecular weight is 1060 g/mol. The third-order valence-corrected chi connectivity index (χ3v) is 15.5. The number of esters is 3. The predicted octanol–water partition coefficient (Wildman–Crippen LogP) is 23.0. The van der Waals surface area contributed by atoms with Crippen LogP contribution >= 0.6 is 0 Å². The molecule has 0 aromatic heterocycles. The highest BCUT2D eigenvalue weighted by atomic mass is 16.6. The molecule has 442 valence electrons. The van der Waals surface area contributed by atoms with Gasteiger partial charge in [-0.1, -0.05) is 334 Å². The standard InChI is InChI=1S/C69H130O6/c1-4-7-10-13-16-19-22-25-28-31-33-34-36-39-41-44-47-50-53-56-59-62-68(71)74-65-66(75-69(72)63-60-57-54-51-48-45-42-37-30-27-24-21-18-15-12-9-6-3)64-73-67(70)61-58-55-52-49-46-43-40-38-35-32-29-26-23-20-17-14-11-8-5-2/h17,20,26,29,66H,4-16,18-19,21-25,27-28,30-65H2,1-3H3/b20-17-,29-26-/t66-/m1/s1. The lowest BCUT2D eigenvalue weighted by Crippen LogP contribution is -2.30. The van der Waals surface area contributed by atoms with E-state index < -0.39 is 6.10 Å². The van der Waals surface area contributed by atoms with Crippen molar-refractivity contribution in [2.75, 3.05) is 13.2 Å². The first-order chi connectivity index (χ1) is 37.0. The summed E-state index contributed by atoms with van der Waals surface area (Å²) >= 11 is 0. The lowest BCUT2D eigenvalue weighted by atomic mass is 10.0. The third kappa shape index (κ3) is 62.6. The summed E-state index contributed by atoms with van der Waals surface area (Å²) in [6.07, 6.45) is 77.6. The van der Waals surface area contributed by atoms with Crippen LogP contribution in [0.5, 0.6) is 0 Å². The topological polar surface area (TPSA) is 78.9 Å². The van der Waals surface area contributed by atoms with Gasteiger partial charge in [-0.2, -0.15) is 0 Å². The summed E-state index contributed by atoms with van der Waals surface area (Å²) in [6.45, 7) is 6.70. The van der Waals surface area contributed by atoms with Gasteiger partial charge in [-0.3, -0.25) is 14.4 Å². The number of hydrogen-bond acceptors (Lipinski definition) is 6. The van der Waals surface area contributed by atoms with Crippen molar-refractivity contribution in [2.45, 2.75) is 386 Å². The van der Waals surface area contributed by atoms with E-state index in [0.29, 0.717) is 19.3 Å². The summed E-state index contributed by atoms with van der Waals surface area (Å²) in [5.74, 6) is -0.838. The summed E-state index contributed by atoms with van der Waals surface area (Å²) in [7, 11) is 0. The molecule has 0 unspecified atom stereocenters. The molecule has 6 nitrogen and oxygen atoms in total. The zero-order valence-electron chi connectivity index (χ0n) is 50.8. The highest BCUT2D eigenvalue weighted by molar-refractivity contribution is 5.71. The minimum atomic E-state index is -0.769. The van der Waals surface area contributed by atoms with E-state index in [1.807, 2.05) is 0 Å². The lowest BCUT2D eigenvalue weighted by Gasteiger charge is -2.18. The monoisotopic (exact) mass is 1050 g/mol. The van der Waals surface area contributed by atoms with Crippen LogP contribution in [0.2, 0.25) is 0 Å². The molecule has 0 aliphatic rings. The van der Waals surface area contributed by atoms with E-state index in [4.69, 9.17) is 14.2 Å². The number of rotatable bonds is 63. The molecule has 0 spiro atoms. The van der Waals surface area contributed by atoms with Gasteiger partial charge in [-0.15, -0.1) is 0 Å². The first kappa shape index (κ1) is 72.9. The molecule has 0 aliphatic heterocycles. The van der Waals surface area contributed by atoms with Gasteiger partial charge >= 0.3 is 17.9 Å². The van der Waals surface area contributed by atoms with E-state index in [9.17, 15) is 14.4 Å². The second-order valence-corrected chi connectivity index (χ2v) is 23.1. The van der Waals surface area contributed by atoms with Crippen molar-refractivity contribution < 1.29 is 28.6 Å². The summed E-state index contributed by atoms with van der Waals surface area (Å²) < 4.78 is 17.0. The maximum Gasteiger partial charge on any atom is 0.306 e. The van der Waals surface area contributed by atoms with Crippen LogP contribution in [0.4, 0.5) is 0 Å².